The zero-order valence-electron chi connectivity index (χ0n) is 8.57. The number of carbonyl (C=O) groups is 3. The van der Waals surface area contributed by atoms with Crippen molar-refractivity contribution in [2.75, 3.05) is 7.05 Å². The molecule has 0 spiro atoms. The molecule has 6 heteroatoms. The number of carbonyl (C=O) groups excluding carboxylic acids is 2. The minimum atomic E-state index is -1.68. The van der Waals surface area contributed by atoms with Crippen molar-refractivity contribution in [3.8, 4) is 0 Å². The number of aliphatic hydroxyl groups excluding tert-OH is 1. The molecule has 0 aromatic carbocycles. The van der Waals surface area contributed by atoms with Crippen molar-refractivity contribution in [3.05, 3.63) is 11.3 Å². The fourth-order valence-corrected chi connectivity index (χ4v) is 1.29. The molecule has 0 aliphatic carbocycles. The molecule has 0 bridgehead atoms. The molecule has 1 amide bonds. The van der Waals surface area contributed by atoms with Gasteiger partial charge in [-0.05, 0) is 13.8 Å². The van der Waals surface area contributed by atoms with E-state index in [1.807, 2.05) is 0 Å². The Morgan fingerprint density at radius 1 is 1.27 bits per heavy atom. The Morgan fingerprint density at radius 2 is 1.73 bits per heavy atom. The van der Waals surface area contributed by atoms with Gasteiger partial charge in [-0.2, -0.15) is 0 Å². The molecule has 0 aromatic rings. The van der Waals surface area contributed by atoms with Gasteiger partial charge in [0.05, 0.1) is 0 Å². The van der Waals surface area contributed by atoms with Crippen molar-refractivity contribution in [1.82, 2.24) is 4.90 Å². The number of nitrogens with zero attached hydrogens (tertiary/aromatic N) is 1. The summed E-state index contributed by atoms with van der Waals surface area (Å²) in [7, 11) is 1.38. The largest absolute Gasteiger partial charge is 0.501 e. The van der Waals surface area contributed by atoms with Gasteiger partial charge in [0.25, 0.3) is 5.91 Å². The third-order valence-electron chi connectivity index (χ3n) is 2.58. The van der Waals surface area contributed by atoms with Crippen molar-refractivity contribution >= 4 is 17.7 Å². The van der Waals surface area contributed by atoms with Crippen molar-refractivity contribution in [2.24, 2.45) is 0 Å². The van der Waals surface area contributed by atoms with E-state index < -0.39 is 34.5 Å². The number of ketones is 1. The standard InChI is InChI=1S/C9H11NO5/c1-9(2)6(12)4(5(11)8(14)15)7(13)10(9)3/h11H,1-3H3,(H,14,15)/b5-4-. The molecule has 2 N–H and O–H groups in total. The number of carboxylic acids is 1. The number of likely N-dealkylation sites (tertiary alicyclic amines) is 1. The second-order valence-electron chi connectivity index (χ2n) is 3.78. The summed E-state index contributed by atoms with van der Waals surface area (Å²) >= 11 is 0. The maximum absolute atomic E-state index is 11.7. The van der Waals surface area contributed by atoms with Crippen LogP contribution >= 0.6 is 0 Å². The van der Waals surface area contributed by atoms with Crippen molar-refractivity contribution in [1.29, 1.82) is 0 Å². The summed E-state index contributed by atoms with van der Waals surface area (Å²) in [6.45, 7) is 2.96. The SMILES string of the molecule is CN1C(=O)/C(=C(\O)C(=O)O)C(=O)C1(C)C. The molecule has 1 aliphatic heterocycles. The third kappa shape index (κ3) is 1.38. The highest BCUT2D eigenvalue weighted by Crippen LogP contribution is 2.29. The summed E-state index contributed by atoms with van der Waals surface area (Å²) in [5, 5.41) is 17.6. The molecule has 82 valence electrons. The minimum Gasteiger partial charge on any atom is -0.501 e. The number of carboxylic acid groups (broad SMARTS) is 1. The number of amides is 1. The Bertz CT molecular complexity index is 393. The van der Waals surface area contributed by atoms with Gasteiger partial charge in [0.2, 0.25) is 5.76 Å². The summed E-state index contributed by atoms with van der Waals surface area (Å²) in [4.78, 5) is 34.7. The van der Waals surface area contributed by atoms with Crippen molar-refractivity contribution in [2.45, 2.75) is 19.4 Å². The van der Waals surface area contributed by atoms with Gasteiger partial charge in [0, 0.05) is 7.05 Å². The van der Waals surface area contributed by atoms with Crippen molar-refractivity contribution in [3.63, 3.8) is 0 Å². The van der Waals surface area contributed by atoms with Crippen LogP contribution in [-0.4, -0.2) is 45.4 Å². The molecule has 1 saturated heterocycles. The predicted octanol–water partition coefficient (Wildman–Crippen LogP) is -0.297. The van der Waals surface area contributed by atoms with Gasteiger partial charge in [-0.3, -0.25) is 9.59 Å². The second-order valence-corrected chi connectivity index (χ2v) is 3.78. The Labute approximate surface area is 85.8 Å². The number of aliphatic carboxylic acids is 1. The zero-order chi connectivity index (χ0) is 12.0. The summed E-state index contributed by atoms with van der Waals surface area (Å²) in [6, 6.07) is 0. The first kappa shape index (κ1) is 11.2. The first-order valence-corrected chi connectivity index (χ1v) is 4.20. The number of aliphatic hydroxyl groups is 1. The lowest BCUT2D eigenvalue weighted by atomic mass is 9.97. The van der Waals surface area contributed by atoms with Crippen LogP contribution in [0.3, 0.4) is 0 Å². The van der Waals surface area contributed by atoms with Gasteiger partial charge in [0.15, 0.2) is 5.78 Å². The summed E-state index contributed by atoms with van der Waals surface area (Å²) < 4.78 is 0. The van der Waals surface area contributed by atoms with Crippen LogP contribution in [0.15, 0.2) is 11.3 Å². The third-order valence-corrected chi connectivity index (χ3v) is 2.58. The van der Waals surface area contributed by atoms with Gasteiger partial charge < -0.3 is 15.1 Å². The molecule has 0 saturated carbocycles. The molecular formula is C9H11NO5. The Balaban J connectivity index is 3.39. The van der Waals surface area contributed by atoms with E-state index in [1.165, 1.54) is 20.9 Å². The van der Waals surface area contributed by atoms with E-state index in [0.717, 1.165) is 4.90 Å². The van der Waals surface area contributed by atoms with E-state index in [0.29, 0.717) is 0 Å². The zero-order valence-corrected chi connectivity index (χ0v) is 8.57. The van der Waals surface area contributed by atoms with Crippen molar-refractivity contribution < 1.29 is 24.6 Å². The number of hydrogen-bond acceptors (Lipinski definition) is 4. The van der Waals surface area contributed by atoms with E-state index in [1.54, 1.807) is 0 Å². The highest BCUT2D eigenvalue weighted by Gasteiger charge is 2.49. The highest BCUT2D eigenvalue weighted by atomic mass is 16.4. The maximum Gasteiger partial charge on any atom is 0.371 e. The van der Waals surface area contributed by atoms with Gasteiger partial charge in [-0.1, -0.05) is 0 Å². The molecule has 1 heterocycles. The molecule has 15 heavy (non-hydrogen) atoms. The van der Waals surface area contributed by atoms with E-state index in [-0.39, 0.29) is 0 Å². The molecule has 0 aromatic heterocycles. The van der Waals surface area contributed by atoms with Crippen LogP contribution in [0.25, 0.3) is 0 Å². The molecule has 1 fully saturated rings. The molecule has 1 rings (SSSR count). The van der Waals surface area contributed by atoms with Crippen LogP contribution in [0.2, 0.25) is 0 Å². The Morgan fingerprint density at radius 3 is 2.00 bits per heavy atom. The minimum absolute atomic E-state index is 0.657. The lowest BCUT2D eigenvalue weighted by molar-refractivity contribution is -0.136. The Hall–Kier alpha value is -1.85. The molecule has 1 aliphatic rings. The molecule has 6 nitrogen and oxygen atoms in total. The maximum atomic E-state index is 11.7. The van der Waals surface area contributed by atoms with E-state index in [9.17, 15) is 14.4 Å². The number of likely N-dealkylation sites (N-methyl/N-ethyl adjacent to an activating group) is 1. The quantitative estimate of drug-likeness (QED) is 0.354. The van der Waals surface area contributed by atoms with Crippen LogP contribution < -0.4 is 0 Å². The summed E-state index contributed by atoms with van der Waals surface area (Å²) in [6.07, 6.45) is 0. The van der Waals surface area contributed by atoms with E-state index >= 15 is 0 Å². The summed E-state index contributed by atoms with van der Waals surface area (Å²) in [5.41, 5.74) is -1.77. The van der Waals surface area contributed by atoms with Gasteiger partial charge >= 0.3 is 5.97 Å². The predicted molar refractivity (Wildman–Crippen MR) is 49.1 cm³/mol. The van der Waals surface area contributed by atoms with Crippen LogP contribution in [-0.2, 0) is 14.4 Å². The number of hydrogen-bond donors (Lipinski definition) is 2. The Kier molecular flexibility index (Phi) is 2.30. The molecule has 0 atom stereocenters. The topological polar surface area (TPSA) is 94.9 Å². The van der Waals surface area contributed by atoms with E-state index in [4.69, 9.17) is 10.2 Å². The van der Waals surface area contributed by atoms with Gasteiger partial charge in [-0.25, -0.2) is 4.79 Å². The van der Waals surface area contributed by atoms with E-state index in [2.05, 4.69) is 0 Å². The first-order valence-electron chi connectivity index (χ1n) is 4.20. The lowest BCUT2D eigenvalue weighted by Crippen LogP contribution is -2.41. The average Bonchev–Trinajstić information content (AvgIpc) is 2.28. The van der Waals surface area contributed by atoms with Gasteiger partial charge in [0.1, 0.15) is 11.1 Å². The monoisotopic (exact) mass is 213 g/mol. The fourth-order valence-electron chi connectivity index (χ4n) is 1.29. The van der Waals surface area contributed by atoms with Gasteiger partial charge in [-0.15, -0.1) is 0 Å². The average molecular weight is 213 g/mol. The highest BCUT2D eigenvalue weighted by molar-refractivity contribution is 6.30. The van der Waals surface area contributed by atoms with Crippen LogP contribution in [0.4, 0.5) is 0 Å². The summed E-state index contributed by atoms with van der Waals surface area (Å²) in [5.74, 6) is -4.33. The first-order chi connectivity index (χ1) is 6.71. The molecular weight excluding hydrogens is 202 g/mol. The molecule has 0 unspecified atom stereocenters. The van der Waals surface area contributed by atoms with Crippen LogP contribution in [0.1, 0.15) is 13.8 Å². The smallest absolute Gasteiger partial charge is 0.371 e. The fraction of sp³-hybridized carbons (Fsp3) is 0.444. The normalized spacial score (nSPS) is 23.3. The second kappa shape index (κ2) is 3.08. The molecule has 0 radical (unpaired) electrons. The van der Waals surface area contributed by atoms with Crippen LogP contribution in [0, 0.1) is 0 Å². The number of Topliss-reactive ketones (excluding diaryl/α,β-unsaturated/α-hetero) is 1. The number of rotatable bonds is 1. The van der Waals surface area contributed by atoms with Crippen LogP contribution in [0.5, 0.6) is 0 Å². The lowest BCUT2D eigenvalue weighted by Gasteiger charge is -2.24.